The van der Waals surface area contributed by atoms with Crippen LogP contribution in [0.2, 0.25) is 10.0 Å². The van der Waals surface area contributed by atoms with Crippen molar-refractivity contribution in [1.29, 1.82) is 0 Å². The van der Waals surface area contributed by atoms with E-state index in [2.05, 4.69) is 37.9 Å². The fourth-order valence-electron chi connectivity index (χ4n) is 5.45. The molecule has 228 valence electrons. The fourth-order valence-corrected chi connectivity index (χ4v) is 6.91. The molecule has 1 aromatic heterocycles. The number of nitrogens with zero attached hydrogens (tertiary/aromatic N) is 2. The third-order valence-corrected chi connectivity index (χ3v) is 9.31. The number of rotatable bonds is 8. The van der Waals surface area contributed by atoms with Gasteiger partial charge in [-0.1, -0.05) is 70.4 Å². The number of hydrogen-bond donors (Lipinski definition) is 0. The van der Waals surface area contributed by atoms with Crippen LogP contribution in [0, 0.1) is 20.8 Å². The van der Waals surface area contributed by atoms with Crippen molar-refractivity contribution in [2.24, 2.45) is 4.99 Å². The highest BCUT2D eigenvalue weighted by atomic mass is 35.5. The Morgan fingerprint density at radius 1 is 1.05 bits per heavy atom. The Labute approximate surface area is 269 Å². The maximum atomic E-state index is 14.0. The van der Waals surface area contributed by atoms with Crippen LogP contribution < -0.4 is 24.4 Å². The Balaban J connectivity index is 1.56. The summed E-state index contributed by atoms with van der Waals surface area (Å²) < 4.78 is 19.1. The highest BCUT2D eigenvalue weighted by Gasteiger charge is 2.35. The molecule has 0 unspecified atom stereocenters. The van der Waals surface area contributed by atoms with E-state index in [1.165, 1.54) is 32.6 Å². The molecule has 7 nitrogen and oxygen atoms in total. The summed E-state index contributed by atoms with van der Waals surface area (Å²) in [5, 5.41) is 0.563. The number of fused-ring (bicyclic) bond motifs is 1. The normalized spacial score (nSPS) is 14.7. The number of carbonyl (C=O) groups is 1. The zero-order valence-corrected chi connectivity index (χ0v) is 27.6. The van der Waals surface area contributed by atoms with Gasteiger partial charge in [0.1, 0.15) is 12.6 Å². The van der Waals surface area contributed by atoms with Gasteiger partial charge in [0.15, 0.2) is 16.3 Å². The Hall–Kier alpha value is -3.85. The molecule has 3 aromatic carbocycles. The number of benzene rings is 3. The van der Waals surface area contributed by atoms with Crippen LogP contribution in [0.1, 0.15) is 53.3 Å². The first-order chi connectivity index (χ1) is 21.0. The Bertz CT molecular complexity index is 1970. The first-order valence-electron chi connectivity index (χ1n) is 14.0. The third kappa shape index (κ3) is 6.07. The van der Waals surface area contributed by atoms with E-state index in [9.17, 15) is 9.59 Å². The molecule has 0 saturated carbocycles. The predicted octanol–water partition coefficient (Wildman–Crippen LogP) is 6.62. The van der Waals surface area contributed by atoms with Crippen LogP contribution in [0.5, 0.6) is 11.5 Å². The van der Waals surface area contributed by atoms with Gasteiger partial charge >= 0.3 is 5.97 Å². The molecular weight excluding hydrogens is 619 g/mol. The summed E-state index contributed by atoms with van der Waals surface area (Å²) >= 11 is 14.2. The van der Waals surface area contributed by atoms with Crippen LogP contribution in [0.25, 0.3) is 6.08 Å². The molecule has 0 radical (unpaired) electrons. The number of thiazole rings is 1. The van der Waals surface area contributed by atoms with E-state index in [4.69, 9.17) is 37.4 Å². The lowest BCUT2D eigenvalue weighted by atomic mass is 9.96. The van der Waals surface area contributed by atoms with Crippen molar-refractivity contribution in [3.8, 4) is 11.5 Å². The van der Waals surface area contributed by atoms with E-state index in [-0.39, 0.29) is 22.8 Å². The molecule has 1 aliphatic heterocycles. The topological polar surface area (TPSA) is 79.1 Å². The minimum absolute atomic E-state index is 0.168. The quantitative estimate of drug-likeness (QED) is 0.200. The van der Waals surface area contributed by atoms with Gasteiger partial charge in [-0.2, -0.15) is 0 Å². The molecule has 0 fully saturated rings. The highest BCUT2D eigenvalue weighted by molar-refractivity contribution is 7.07. The molecule has 44 heavy (non-hydrogen) atoms. The molecule has 0 amide bonds. The molecule has 1 atom stereocenters. The summed E-state index contributed by atoms with van der Waals surface area (Å²) in [6.07, 6.45) is 1.77. The second-order valence-corrected chi connectivity index (χ2v) is 12.3. The lowest BCUT2D eigenvalue weighted by Gasteiger charge is -2.25. The summed E-state index contributed by atoms with van der Waals surface area (Å²) in [7, 11) is 1.58. The van der Waals surface area contributed by atoms with Gasteiger partial charge in [0.05, 0.1) is 39.6 Å². The van der Waals surface area contributed by atoms with E-state index in [1.54, 1.807) is 45.2 Å². The average Bonchev–Trinajstić information content (AvgIpc) is 3.27. The van der Waals surface area contributed by atoms with Crippen molar-refractivity contribution in [1.82, 2.24) is 4.57 Å². The number of halogens is 2. The van der Waals surface area contributed by atoms with Crippen molar-refractivity contribution in [2.75, 3.05) is 13.7 Å². The van der Waals surface area contributed by atoms with E-state index in [1.807, 2.05) is 18.2 Å². The number of hydrogen-bond acceptors (Lipinski definition) is 7. The van der Waals surface area contributed by atoms with Gasteiger partial charge in [-0.05, 0) is 81.1 Å². The van der Waals surface area contributed by atoms with Gasteiger partial charge in [-0.3, -0.25) is 9.36 Å². The molecule has 2 heterocycles. The number of esters is 1. The SMILES string of the molecule is CCOC(=O)C1=C(C)N=c2s/c(=C\c3ccc(OCc4c(C)cc(C)cc4C)c(OC)c3)c(=O)n2[C@@H]1c1cccc(Cl)c1Cl. The van der Waals surface area contributed by atoms with Crippen molar-refractivity contribution >= 4 is 46.6 Å². The second kappa shape index (κ2) is 13.0. The van der Waals surface area contributed by atoms with Crippen LogP contribution in [0.4, 0.5) is 0 Å². The van der Waals surface area contributed by atoms with E-state index in [0.29, 0.717) is 43.7 Å². The molecule has 5 rings (SSSR count). The number of aryl methyl sites for hydroxylation is 3. The first kappa shape index (κ1) is 31.6. The van der Waals surface area contributed by atoms with Crippen molar-refractivity contribution < 1.29 is 19.0 Å². The first-order valence-corrected chi connectivity index (χ1v) is 15.6. The molecule has 0 aliphatic carbocycles. The summed E-state index contributed by atoms with van der Waals surface area (Å²) in [5.74, 6) is 0.564. The van der Waals surface area contributed by atoms with Gasteiger partial charge in [0, 0.05) is 5.56 Å². The van der Waals surface area contributed by atoms with Crippen LogP contribution in [0.3, 0.4) is 0 Å². The number of allylic oxidation sites excluding steroid dienone is 1. The summed E-state index contributed by atoms with van der Waals surface area (Å²) in [5.41, 5.74) is 6.29. The number of ether oxygens (including phenoxy) is 3. The van der Waals surface area contributed by atoms with Crippen LogP contribution >= 0.6 is 34.5 Å². The number of methoxy groups -OCH3 is 1. The fraction of sp³-hybridized carbons (Fsp3) is 0.265. The van der Waals surface area contributed by atoms with Gasteiger partial charge in [-0.15, -0.1) is 0 Å². The number of aromatic nitrogens is 1. The molecule has 0 saturated heterocycles. The van der Waals surface area contributed by atoms with E-state index in [0.717, 1.165) is 11.1 Å². The average molecular weight is 652 g/mol. The van der Waals surface area contributed by atoms with Gasteiger partial charge in [-0.25, -0.2) is 9.79 Å². The minimum Gasteiger partial charge on any atom is -0.493 e. The maximum absolute atomic E-state index is 14.0. The molecule has 10 heteroatoms. The second-order valence-electron chi connectivity index (χ2n) is 10.5. The smallest absolute Gasteiger partial charge is 0.338 e. The molecule has 0 N–H and O–H groups in total. The monoisotopic (exact) mass is 650 g/mol. The Morgan fingerprint density at radius 2 is 1.77 bits per heavy atom. The van der Waals surface area contributed by atoms with E-state index < -0.39 is 12.0 Å². The molecular formula is C34H32Cl2N2O5S. The summed E-state index contributed by atoms with van der Waals surface area (Å²) in [6, 6.07) is 14.1. The zero-order chi connectivity index (χ0) is 31.7. The Morgan fingerprint density at radius 3 is 2.45 bits per heavy atom. The van der Waals surface area contributed by atoms with Crippen LogP contribution in [-0.2, 0) is 16.1 Å². The molecule has 4 aromatic rings. The highest BCUT2D eigenvalue weighted by Crippen LogP contribution is 2.37. The largest absolute Gasteiger partial charge is 0.493 e. The lowest BCUT2D eigenvalue weighted by molar-refractivity contribution is -0.139. The standard InChI is InChI=1S/C34H32Cl2N2O5S/c1-7-42-33(40)29-21(5)37-34-38(31(29)23-9-8-10-25(35)30(23)36)32(39)28(44-34)16-22-11-12-26(27(15-22)41-6)43-17-24-19(3)13-18(2)14-20(24)4/h8-16,31H,7,17H2,1-6H3/b28-16-/t31-/m1/s1. The van der Waals surface area contributed by atoms with Crippen LogP contribution in [0.15, 0.2) is 69.6 Å². The van der Waals surface area contributed by atoms with Gasteiger partial charge in [0.25, 0.3) is 5.56 Å². The van der Waals surface area contributed by atoms with E-state index >= 15 is 0 Å². The van der Waals surface area contributed by atoms with Crippen LogP contribution in [-0.4, -0.2) is 24.3 Å². The zero-order valence-electron chi connectivity index (χ0n) is 25.3. The third-order valence-electron chi connectivity index (χ3n) is 7.49. The minimum atomic E-state index is -0.863. The predicted molar refractivity (Wildman–Crippen MR) is 175 cm³/mol. The molecule has 0 spiro atoms. The number of carbonyl (C=O) groups excluding carboxylic acids is 1. The summed E-state index contributed by atoms with van der Waals surface area (Å²) in [4.78, 5) is 32.2. The lowest BCUT2D eigenvalue weighted by Crippen LogP contribution is -2.40. The molecule has 1 aliphatic rings. The Kier molecular flexibility index (Phi) is 9.34. The molecule has 0 bridgehead atoms. The van der Waals surface area contributed by atoms with Crippen molar-refractivity contribution in [3.05, 3.63) is 123 Å². The van der Waals surface area contributed by atoms with Crippen molar-refractivity contribution in [2.45, 2.75) is 47.3 Å². The summed E-state index contributed by atoms with van der Waals surface area (Å²) in [6.45, 7) is 10.3. The van der Waals surface area contributed by atoms with Gasteiger partial charge in [0.2, 0.25) is 0 Å². The van der Waals surface area contributed by atoms with Crippen molar-refractivity contribution in [3.63, 3.8) is 0 Å². The van der Waals surface area contributed by atoms with Gasteiger partial charge < -0.3 is 14.2 Å². The maximum Gasteiger partial charge on any atom is 0.338 e.